The molecule has 0 aliphatic rings. The number of likely N-dealkylation sites (N-methyl/N-ethyl adjacent to an activating group) is 1. The average Bonchev–Trinajstić information content (AvgIpc) is 2.81. The summed E-state index contributed by atoms with van der Waals surface area (Å²) in [6.45, 7) is 7.06. The highest BCUT2D eigenvalue weighted by atomic mass is 16.7. The van der Waals surface area contributed by atoms with Gasteiger partial charge in [-0.3, -0.25) is 0 Å². The van der Waals surface area contributed by atoms with E-state index in [0.717, 1.165) is 18.7 Å². The molecule has 0 aromatic heterocycles. The second-order valence-corrected chi connectivity index (χ2v) is 9.90. The summed E-state index contributed by atoms with van der Waals surface area (Å²) in [5.74, 6) is 0.577. The third-order valence-corrected chi connectivity index (χ3v) is 6.50. The quantitative estimate of drug-likeness (QED) is 0.112. The van der Waals surface area contributed by atoms with E-state index in [-0.39, 0.29) is 12.0 Å². The SMILES string of the molecule is CCCCCCCCc1cccc(OC(CC)OC(=O)C(CC)[N+](C)(C)Cc2ccccc2)c1. The second-order valence-electron chi connectivity index (χ2n) is 9.90. The van der Waals surface area contributed by atoms with Crippen molar-refractivity contribution >= 4 is 5.97 Å². The van der Waals surface area contributed by atoms with Gasteiger partial charge in [0.2, 0.25) is 6.29 Å². The Labute approximate surface area is 207 Å². The molecule has 0 spiro atoms. The fourth-order valence-electron chi connectivity index (χ4n) is 4.54. The van der Waals surface area contributed by atoms with Crippen molar-refractivity contribution in [3.8, 4) is 5.75 Å². The van der Waals surface area contributed by atoms with Gasteiger partial charge in [-0.15, -0.1) is 0 Å². The molecule has 0 N–H and O–H groups in total. The third kappa shape index (κ3) is 9.50. The lowest BCUT2D eigenvalue weighted by Crippen LogP contribution is -2.53. The van der Waals surface area contributed by atoms with Gasteiger partial charge in [-0.1, -0.05) is 95.3 Å². The van der Waals surface area contributed by atoms with Gasteiger partial charge in [0.25, 0.3) is 0 Å². The molecule has 2 aromatic carbocycles. The predicted octanol–water partition coefficient (Wildman–Crippen LogP) is 7.30. The molecule has 0 fully saturated rings. The first-order valence-corrected chi connectivity index (χ1v) is 13.2. The zero-order chi connectivity index (χ0) is 24.8. The smallest absolute Gasteiger partial charge is 0.368 e. The van der Waals surface area contributed by atoms with E-state index in [1.807, 2.05) is 44.2 Å². The van der Waals surface area contributed by atoms with Crippen LogP contribution in [0.3, 0.4) is 0 Å². The number of quaternary nitrogens is 1. The van der Waals surface area contributed by atoms with Crippen molar-refractivity contribution in [1.29, 1.82) is 0 Å². The van der Waals surface area contributed by atoms with Gasteiger partial charge in [0.05, 0.1) is 14.1 Å². The van der Waals surface area contributed by atoms with E-state index >= 15 is 0 Å². The Morgan fingerprint density at radius 2 is 1.50 bits per heavy atom. The minimum absolute atomic E-state index is 0.196. The summed E-state index contributed by atoms with van der Waals surface area (Å²) < 4.78 is 12.5. The van der Waals surface area contributed by atoms with Crippen LogP contribution in [0, 0.1) is 0 Å². The first-order chi connectivity index (χ1) is 16.4. The fraction of sp³-hybridized carbons (Fsp3) is 0.567. The Hall–Kier alpha value is -2.33. The van der Waals surface area contributed by atoms with Crippen molar-refractivity contribution in [2.45, 2.75) is 97.4 Å². The van der Waals surface area contributed by atoms with E-state index < -0.39 is 6.29 Å². The Morgan fingerprint density at radius 3 is 2.18 bits per heavy atom. The minimum atomic E-state index is -0.581. The van der Waals surface area contributed by atoms with Crippen molar-refractivity contribution in [2.24, 2.45) is 0 Å². The van der Waals surface area contributed by atoms with Crippen molar-refractivity contribution in [3.05, 3.63) is 65.7 Å². The molecule has 0 aliphatic heterocycles. The number of benzene rings is 2. The average molecular weight is 469 g/mol. The molecule has 0 radical (unpaired) electrons. The van der Waals surface area contributed by atoms with E-state index in [0.29, 0.717) is 17.3 Å². The van der Waals surface area contributed by atoms with E-state index in [1.54, 1.807) is 0 Å². The number of aryl methyl sites for hydroxylation is 1. The number of esters is 1. The molecule has 0 bridgehead atoms. The highest BCUT2D eigenvalue weighted by Gasteiger charge is 2.36. The van der Waals surface area contributed by atoms with Gasteiger partial charge in [-0.25, -0.2) is 4.79 Å². The fourth-order valence-corrected chi connectivity index (χ4v) is 4.54. The lowest BCUT2D eigenvalue weighted by molar-refractivity contribution is -0.919. The Bertz CT molecular complexity index is 834. The van der Waals surface area contributed by atoms with Crippen LogP contribution in [0.1, 0.15) is 83.3 Å². The van der Waals surface area contributed by atoms with E-state index in [1.165, 1.54) is 49.7 Å². The molecule has 0 saturated carbocycles. The zero-order valence-electron chi connectivity index (χ0n) is 22.1. The zero-order valence-corrected chi connectivity index (χ0v) is 22.1. The van der Waals surface area contributed by atoms with Gasteiger partial charge in [-0.2, -0.15) is 0 Å². The standard InChI is InChI=1S/C30H46NO3/c1-6-9-10-11-12-14-18-25-21-17-22-27(23-25)33-29(8-3)34-30(32)28(7-2)31(4,5)24-26-19-15-13-16-20-26/h13,15-17,19-23,28-29H,6-12,14,18,24H2,1-5H3/q+1. The van der Waals surface area contributed by atoms with Crippen LogP contribution >= 0.6 is 0 Å². The molecule has 0 aliphatic carbocycles. The van der Waals surface area contributed by atoms with Crippen LogP contribution in [0.4, 0.5) is 0 Å². The van der Waals surface area contributed by atoms with Crippen molar-refractivity contribution < 1.29 is 18.8 Å². The van der Waals surface area contributed by atoms with Crippen LogP contribution in [0.2, 0.25) is 0 Å². The highest BCUT2D eigenvalue weighted by Crippen LogP contribution is 2.22. The lowest BCUT2D eigenvalue weighted by atomic mass is 10.0. The molecule has 4 nitrogen and oxygen atoms in total. The van der Waals surface area contributed by atoms with Crippen LogP contribution in [0.15, 0.2) is 54.6 Å². The Morgan fingerprint density at radius 1 is 0.824 bits per heavy atom. The van der Waals surface area contributed by atoms with Crippen molar-refractivity contribution in [3.63, 3.8) is 0 Å². The van der Waals surface area contributed by atoms with Crippen LogP contribution in [0.5, 0.6) is 5.75 Å². The summed E-state index contributed by atoms with van der Waals surface area (Å²) in [6, 6.07) is 18.3. The van der Waals surface area contributed by atoms with Crippen LogP contribution in [0.25, 0.3) is 0 Å². The third-order valence-electron chi connectivity index (χ3n) is 6.50. The topological polar surface area (TPSA) is 35.5 Å². The van der Waals surface area contributed by atoms with Crippen LogP contribution < -0.4 is 4.74 Å². The molecule has 2 aromatic rings. The highest BCUT2D eigenvalue weighted by molar-refractivity contribution is 5.74. The number of nitrogens with zero attached hydrogens (tertiary/aromatic N) is 1. The number of carbonyl (C=O) groups excluding carboxylic acids is 1. The van der Waals surface area contributed by atoms with Gasteiger partial charge in [-0.05, 0) is 30.5 Å². The molecule has 34 heavy (non-hydrogen) atoms. The maximum Gasteiger partial charge on any atom is 0.368 e. The summed E-state index contributed by atoms with van der Waals surface area (Å²) in [6.07, 6.45) is 9.54. The normalized spacial score (nSPS) is 13.3. The van der Waals surface area contributed by atoms with Gasteiger partial charge >= 0.3 is 5.97 Å². The predicted molar refractivity (Wildman–Crippen MR) is 141 cm³/mol. The van der Waals surface area contributed by atoms with Gasteiger partial charge in [0.15, 0.2) is 6.04 Å². The number of carbonyl (C=O) groups is 1. The number of unbranched alkanes of at least 4 members (excludes halogenated alkanes) is 5. The summed E-state index contributed by atoms with van der Waals surface area (Å²) in [5.41, 5.74) is 2.49. The first-order valence-electron chi connectivity index (χ1n) is 13.2. The lowest BCUT2D eigenvalue weighted by Gasteiger charge is -2.36. The maximum absolute atomic E-state index is 13.2. The van der Waals surface area contributed by atoms with E-state index in [9.17, 15) is 4.79 Å². The van der Waals surface area contributed by atoms with Gasteiger partial charge < -0.3 is 14.0 Å². The number of rotatable bonds is 16. The minimum Gasteiger partial charge on any atom is -0.455 e. The summed E-state index contributed by atoms with van der Waals surface area (Å²) in [5, 5.41) is 0. The molecule has 0 heterocycles. The first kappa shape index (κ1) is 27.9. The van der Waals surface area contributed by atoms with Crippen molar-refractivity contribution in [1.82, 2.24) is 0 Å². The molecular weight excluding hydrogens is 422 g/mol. The Balaban J connectivity index is 1.92. The maximum atomic E-state index is 13.2. The summed E-state index contributed by atoms with van der Waals surface area (Å²) in [7, 11) is 4.19. The number of hydrogen-bond donors (Lipinski definition) is 0. The van der Waals surface area contributed by atoms with Crippen molar-refractivity contribution in [2.75, 3.05) is 14.1 Å². The molecule has 0 amide bonds. The van der Waals surface area contributed by atoms with E-state index in [2.05, 4.69) is 45.3 Å². The van der Waals surface area contributed by atoms with Crippen LogP contribution in [-0.2, 0) is 22.5 Å². The number of ether oxygens (including phenoxy) is 2. The molecule has 2 unspecified atom stereocenters. The monoisotopic (exact) mass is 468 g/mol. The molecule has 2 atom stereocenters. The summed E-state index contributed by atoms with van der Waals surface area (Å²) in [4.78, 5) is 13.2. The molecular formula is C30H46NO3+. The molecule has 188 valence electrons. The van der Waals surface area contributed by atoms with Gasteiger partial charge in [0, 0.05) is 18.4 Å². The Kier molecular flexibility index (Phi) is 12.2. The number of hydrogen-bond acceptors (Lipinski definition) is 3. The van der Waals surface area contributed by atoms with Crippen LogP contribution in [-0.4, -0.2) is 36.9 Å². The summed E-state index contributed by atoms with van der Waals surface area (Å²) >= 11 is 0. The largest absolute Gasteiger partial charge is 0.455 e. The van der Waals surface area contributed by atoms with E-state index in [4.69, 9.17) is 9.47 Å². The second kappa shape index (κ2) is 14.8. The molecule has 0 saturated heterocycles. The van der Waals surface area contributed by atoms with Gasteiger partial charge in [0.1, 0.15) is 12.3 Å². The molecule has 2 rings (SSSR count). The molecule has 4 heteroatoms.